The second kappa shape index (κ2) is 11.3. The molecule has 0 aliphatic carbocycles. The minimum absolute atomic E-state index is 0.150. The molecule has 2 rings (SSSR count). The molecule has 0 radical (unpaired) electrons. The Morgan fingerprint density at radius 1 is 0.833 bits per heavy atom. The van der Waals surface area contributed by atoms with Gasteiger partial charge in [-0.1, -0.05) is 18.2 Å². The average Bonchev–Trinajstić information content (AvgIpc) is 2.73. The molecule has 0 saturated carbocycles. The number of rotatable bonds is 11. The second-order valence-electron chi connectivity index (χ2n) is 5.98. The number of methoxy groups -OCH3 is 1. The van der Waals surface area contributed by atoms with Gasteiger partial charge in [0.05, 0.1) is 13.7 Å². The molecular weight excluding hydrogens is 392 g/mol. The Kier molecular flexibility index (Phi) is 8.46. The number of hydrogen-bond acceptors (Lipinski definition) is 6. The molecule has 158 valence electrons. The highest BCUT2D eigenvalue weighted by Crippen LogP contribution is 2.29. The third kappa shape index (κ3) is 6.99. The first-order valence-corrected chi connectivity index (χ1v) is 8.92. The monoisotopic (exact) mass is 414 g/mol. The number of aliphatic hydroxyl groups excluding tert-OH is 1. The average molecular weight is 414 g/mol. The Hall–Kier alpha value is -3.78. The lowest BCUT2D eigenvalue weighted by Gasteiger charge is -2.14. The SMILES string of the molecule is COc1ccc(/C=C/C(=O)O)cc1OCCOc1cc(/C=C/C(=O)O)ccc1CO. The maximum atomic E-state index is 10.7. The maximum absolute atomic E-state index is 10.7. The largest absolute Gasteiger partial charge is 0.493 e. The van der Waals surface area contributed by atoms with Crippen LogP contribution in [0.3, 0.4) is 0 Å². The summed E-state index contributed by atoms with van der Waals surface area (Å²) in [6.45, 7) is 0.0743. The molecule has 2 aromatic carbocycles. The molecule has 3 N–H and O–H groups in total. The fourth-order valence-electron chi connectivity index (χ4n) is 2.49. The summed E-state index contributed by atoms with van der Waals surface area (Å²) in [5, 5.41) is 26.9. The van der Waals surface area contributed by atoms with Gasteiger partial charge in [0.15, 0.2) is 11.5 Å². The van der Waals surface area contributed by atoms with Crippen LogP contribution in [0.25, 0.3) is 12.2 Å². The molecule has 0 amide bonds. The van der Waals surface area contributed by atoms with Crippen molar-refractivity contribution in [3.05, 3.63) is 65.2 Å². The number of benzene rings is 2. The van der Waals surface area contributed by atoms with Crippen molar-refractivity contribution in [2.45, 2.75) is 6.61 Å². The predicted octanol–water partition coefficient (Wildman–Crippen LogP) is 2.84. The number of hydrogen-bond donors (Lipinski definition) is 3. The topological polar surface area (TPSA) is 123 Å². The Morgan fingerprint density at radius 3 is 1.90 bits per heavy atom. The molecule has 0 atom stereocenters. The Morgan fingerprint density at radius 2 is 1.37 bits per heavy atom. The molecule has 0 heterocycles. The van der Waals surface area contributed by atoms with Crippen molar-refractivity contribution >= 4 is 24.1 Å². The van der Waals surface area contributed by atoms with E-state index in [1.807, 2.05) is 0 Å². The van der Waals surface area contributed by atoms with Gasteiger partial charge in [0.2, 0.25) is 0 Å². The van der Waals surface area contributed by atoms with Crippen molar-refractivity contribution in [2.24, 2.45) is 0 Å². The van der Waals surface area contributed by atoms with Crippen LogP contribution < -0.4 is 14.2 Å². The summed E-state index contributed by atoms with van der Waals surface area (Å²) in [6, 6.07) is 9.97. The van der Waals surface area contributed by atoms with Crippen molar-refractivity contribution < 1.29 is 39.1 Å². The molecule has 0 aliphatic heterocycles. The lowest BCUT2D eigenvalue weighted by Crippen LogP contribution is -2.10. The zero-order valence-electron chi connectivity index (χ0n) is 16.3. The van der Waals surface area contributed by atoms with E-state index in [0.29, 0.717) is 33.9 Å². The van der Waals surface area contributed by atoms with Gasteiger partial charge in [-0.2, -0.15) is 0 Å². The van der Waals surface area contributed by atoms with Gasteiger partial charge in [-0.25, -0.2) is 9.59 Å². The Bertz CT molecular complexity index is 869. The fraction of sp³-hybridized carbons (Fsp3) is 0.182. The highest BCUT2D eigenvalue weighted by Gasteiger charge is 2.07. The number of carbonyl (C=O) groups is 2. The molecule has 30 heavy (non-hydrogen) atoms. The molecule has 8 nitrogen and oxygen atoms in total. The van der Waals surface area contributed by atoms with Crippen molar-refractivity contribution in [3.63, 3.8) is 0 Å². The van der Waals surface area contributed by atoms with Crippen LogP contribution in [0.4, 0.5) is 0 Å². The van der Waals surface area contributed by atoms with Crippen LogP contribution in [0.2, 0.25) is 0 Å². The number of ether oxygens (including phenoxy) is 3. The number of carboxylic acids is 2. The molecule has 2 aromatic rings. The van der Waals surface area contributed by atoms with E-state index in [4.69, 9.17) is 24.4 Å². The molecule has 0 spiro atoms. The number of carboxylic acid groups (broad SMARTS) is 2. The van der Waals surface area contributed by atoms with Crippen LogP contribution in [0.1, 0.15) is 16.7 Å². The smallest absolute Gasteiger partial charge is 0.328 e. The lowest BCUT2D eigenvalue weighted by atomic mass is 10.1. The summed E-state index contributed by atoms with van der Waals surface area (Å²) >= 11 is 0. The maximum Gasteiger partial charge on any atom is 0.328 e. The molecule has 0 fully saturated rings. The third-order valence-corrected chi connectivity index (χ3v) is 3.88. The molecule has 0 aliphatic rings. The summed E-state index contributed by atoms with van der Waals surface area (Å²) < 4.78 is 16.6. The van der Waals surface area contributed by atoms with Crippen LogP contribution in [0, 0.1) is 0 Å². The first-order chi connectivity index (χ1) is 14.4. The van der Waals surface area contributed by atoms with Gasteiger partial charge in [0.25, 0.3) is 0 Å². The predicted molar refractivity (Wildman–Crippen MR) is 110 cm³/mol. The zero-order valence-corrected chi connectivity index (χ0v) is 16.3. The standard InChI is InChI=1S/C22H22O8/c1-28-18-7-3-16(5-9-22(26)27)13-20(18)30-11-10-29-19-12-15(4-8-21(24)25)2-6-17(19)14-23/h2-9,12-13,23H,10-11,14H2,1H3,(H,24,25)(H,26,27)/b8-4+,9-5+. The molecule has 0 saturated heterocycles. The van der Waals surface area contributed by atoms with E-state index in [9.17, 15) is 14.7 Å². The van der Waals surface area contributed by atoms with Crippen LogP contribution >= 0.6 is 0 Å². The molecular formula is C22H22O8. The quantitative estimate of drug-likeness (QED) is 0.379. The van der Waals surface area contributed by atoms with E-state index < -0.39 is 11.9 Å². The Balaban J connectivity index is 2.03. The van der Waals surface area contributed by atoms with E-state index in [-0.39, 0.29) is 19.8 Å². The van der Waals surface area contributed by atoms with Crippen molar-refractivity contribution in [3.8, 4) is 17.2 Å². The van der Waals surface area contributed by atoms with Crippen LogP contribution in [-0.4, -0.2) is 47.6 Å². The van der Waals surface area contributed by atoms with E-state index in [1.54, 1.807) is 36.4 Å². The minimum atomic E-state index is -1.06. The first-order valence-electron chi connectivity index (χ1n) is 8.92. The van der Waals surface area contributed by atoms with E-state index in [0.717, 1.165) is 12.2 Å². The molecule has 0 aromatic heterocycles. The minimum Gasteiger partial charge on any atom is -0.493 e. The number of aliphatic carboxylic acids is 2. The summed E-state index contributed by atoms with van der Waals surface area (Å²) in [7, 11) is 1.50. The highest BCUT2D eigenvalue weighted by atomic mass is 16.5. The molecule has 8 heteroatoms. The van der Waals surface area contributed by atoms with Gasteiger partial charge in [0.1, 0.15) is 19.0 Å². The van der Waals surface area contributed by atoms with Gasteiger partial charge < -0.3 is 29.5 Å². The van der Waals surface area contributed by atoms with Crippen LogP contribution in [0.15, 0.2) is 48.6 Å². The van der Waals surface area contributed by atoms with Gasteiger partial charge in [-0.15, -0.1) is 0 Å². The summed E-state index contributed by atoms with van der Waals surface area (Å²) in [4.78, 5) is 21.3. The third-order valence-electron chi connectivity index (χ3n) is 3.88. The van der Waals surface area contributed by atoms with Gasteiger partial charge in [-0.3, -0.25) is 0 Å². The van der Waals surface area contributed by atoms with Gasteiger partial charge in [-0.05, 0) is 41.5 Å². The summed E-state index contributed by atoms with van der Waals surface area (Å²) in [5.41, 5.74) is 1.81. The Labute approximate surface area is 173 Å². The van der Waals surface area contributed by atoms with Crippen LogP contribution in [-0.2, 0) is 16.2 Å². The second-order valence-corrected chi connectivity index (χ2v) is 5.98. The summed E-state index contributed by atoms with van der Waals surface area (Å²) in [6.07, 6.45) is 4.90. The highest BCUT2D eigenvalue weighted by molar-refractivity contribution is 5.85. The van der Waals surface area contributed by atoms with Crippen molar-refractivity contribution in [2.75, 3.05) is 20.3 Å². The fourth-order valence-corrected chi connectivity index (χ4v) is 2.49. The van der Waals surface area contributed by atoms with Crippen molar-refractivity contribution in [1.29, 1.82) is 0 Å². The first kappa shape index (κ1) is 22.5. The molecule has 0 bridgehead atoms. The van der Waals surface area contributed by atoms with E-state index in [1.165, 1.54) is 19.3 Å². The number of aliphatic hydroxyl groups is 1. The van der Waals surface area contributed by atoms with E-state index in [2.05, 4.69) is 0 Å². The zero-order chi connectivity index (χ0) is 21.9. The van der Waals surface area contributed by atoms with Crippen LogP contribution in [0.5, 0.6) is 17.2 Å². The normalized spacial score (nSPS) is 11.0. The van der Waals surface area contributed by atoms with Gasteiger partial charge in [0, 0.05) is 17.7 Å². The lowest BCUT2D eigenvalue weighted by molar-refractivity contribution is -0.132. The molecule has 0 unspecified atom stereocenters. The van der Waals surface area contributed by atoms with Crippen molar-refractivity contribution in [1.82, 2.24) is 0 Å². The summed E-state index contributed by atoms with van der Waals surface area (Å²) in [5.74, 6) is -0.791. The van der Waals surface area contributed by atoms with Gasteiger partial charge >= 0.3 is 11.9 Å². The van der Waals surface area contributed by atoms with E-state index >= 15 is 0 Å².